The summed E-state index contributed by atoms with van der Waals surface area (Å²) in [6.07, 6.45) is 0.970. The number of nitrogens with one attached hydrogen (secondary N) is 1. The second-order valence-corrected chi connectivity index (χ2v) is 5.75. The highest BCUT2D eigenvalue weighted by molar-refractivity contribution is 5.96. The summed E-state index contributed by atoms with van der Waals surface area (Å²) in [5, 5.41) is 6.11. The van der Waals surface area contributed by atoms with Gasteiger partial charge in [-0.05, 0) is 43.7 Å². The SMILES string of the molecule is CC1=Nc2cc3ccccc3cc2NC(C)(C)C1. The van der Waals surface area contributed by atoms with Crippen LogP contribution in [0.3, 0.4) is 0 Å². The molecule has 1 N–H and O–H groups in total. The number of rotatable bonds is 0. The lowest BCUT2D eigenvalue weighted by atomic mass is 9.98. The molecule has 2 nitrogen and oxygen atoms in total. The van der Waals surface area contributed by atoms with Crippen molar-refractivity contribution in [3.63, 3.8) is 0 Å². The van der Waals surface area contributed by atoms with Crippen molar-refractivity contribution in [2.75, 3.05) is 5.32 Å². The van der Waals surface area contributed by atoms with Gasteiger partial charge in [-0.1, -0.05) is 24.3 Å². The summed E-state index contributed by atoms with van der Waals surface area (Å²) in [6, 6.07) is 12.8. The van der Waals surface area contributed by atoms with Crippen LogP contribution in [0, 0.1) is 0 Å². The molecule has 92 valence electrons. The van der Waals surface area contributed by atoms with Crippen LogP contribution in [0.4, 0.5) is 11.4 Å². The molecule has 18 heavy (non-hydrogen) atoms. The molecule has 0 saturated carbocycles. The van der Waals surface area contributed by atoms with Crippen molar-refractivity contribution in [1.82, 2.24) is 0 Å². The van der Waals surface area contributed by atoms with E-state index in [0.717, 1.165) is 17.8 Å². The molecule has 0 atom stereocenters. The highest BCUT2D eigenvalue weighted by Gasteiger charge is 2.23. The van der Waals surface area contributed by atoms with E-state index in [0.29, 0.717) is 0 Å². The Kier molecular flexibility index (Phi) is 2.40. The number of aliphatic imine (C=N–C) groups is 1. The second-order valence-electron chi connectivity index (χ2n) is 5.75. The zero-order valence-electron chi connectivity index (χ0n) is 11.1. The van der Waals surface area contributed by atoms with E-state index in [9.17, 15) is 0 Å². The maximum atomic E-state index is 4.74. The zero-order valence-corrected chi connectivity index (χ0v) is 11.1. The maximum Gasteiger partial charge on any atom is 0.0866 e. The largest absolute Gasteiger partial charge is 0.378 e. The fourth-order valence-electron chi connectivity index (χ4n) is 2.71. The van der Waals surface area contributed by atoms with Crippen LogP contribution in [0.15, 0.2) is 41.4 Å². The van der Waals surface area contributed by atoms with Gasteiger partial charge in [0.1, 0.15) is 0 Å². The lowest BCUT2D eigenvalue weighted by molar-refractivity contribution is 0.595. The minimum atomic E-state index is 0.0568. The highest BCUT2D eigenvalue weighted by Crippen LogP contribution is 2.36. The van der Waals surface area contributed by atoms with Crippen molar-refractivity contribution in [3.05, 3.63) is 36.4 Å². The maximum absolute atomic E-state index is 4.74. The van der Waals surface area contributed by atoms with Gasteiger partial charge in [-0.15, -0.1) is 0 Å². The first-order valence-corrected chi connectivity index (χ1v) is 6.39. The molecule has 1 aliphatic heterocycles. The van der Waals surface area contributed by atoms with Crippen LogP contribution in [0.2, 0.25) is 0 Å². The van der Waals surface area contributed by atoms with Crippen molar-refractivity contribution >= 4 is 27.9 Å². The summed E-state index contributed by atoms with van der Waals surface area (Å²) < 4.78 is 0. The average Bonchev–Trinajstić information content (AvgIpc) is 2.38. The molecule has 1 heterocycles. The van der Waals surface area contributed by atoms with E-state index < -0.39 is 0 Å². The van der Waals surface area contributed by atoms with Crippen LogP contribution < -0.4 is 5.32 Å². The molecule has 2 heteroatoms. The van der Waals surface area contributed by atoms with Crippen LogP contribution >= 0.6 is 0 Å². The third kappa shape index (κ3) is 1.99. The van der Waals surface area contributed by atoms with E-state index in [1.807, 2.05) is 0 Å². The minimum Gasteiger partial charge on any atom is -0.378 e. The number of fused-ring (bicyclic) bond motifs is 2. The van der Waals surface area contributed by atoms with Crippen molar-refractivity contribution in [3.8, 4) is 0 Å². The van der Waals surface area contributed by atoms with E-state index in [4.69, 9.17) is 4.99 Å². The Morgan fingerprint density at radius 1 is 1.11 bits per heavy atom. The number of nitrogens with zero attached hydrogens (tertiary/aromatic N) is 1. The van der Waals surface area contributed by atoms with Gasteiger partial charge >= 0.3 is 0 Å². The quantitative estimate of drug-likeness (QED) is 0.716. The van der Waals surface area contributed by atoms with E-state index >= 15 is 0 Å². The van der Waals surface area contributed by atoms with Crippen LogP contribution in [0.25, 0.3) is 10.8 Å². The Hall–Kier alpha value is -1.83. The van der Waals surface area contributed by atoms with Gasteiger partial charge in [0.05, 0.1) is 11.4 Å². The summed E-state index contributed by atoms with van der Waals surface area (Å²) in [6.45, 7) is 6.54. The molecule has 0 unspecified atom stereocenters. The number of benzene rings is 2. The molecule has 2 aromatic carbocycles. The van der Waals surface area contributed by atoms with Crippen molar-refractivity contribution in [2.45, 2.75) is 32.7 Å². The fraction of sp³-hybridized carbons (Fsp3) is 0.312. The Morgan fingerprint density at radius 3 is 2.50 bits per heavy atom. The summed E-state index contributed by atoms with van der Waals surface area (Å²) in [5.41, 5.74) is 3.43. The van der Waals surface area contributed by atoms with Crippen LogP contribution in [0.5, 0.6) is 0 Å². The predicted octanol–water partition coefficient (Wildman–Crippen LogP) is 4.53. The molecule has 0 fully saturated rings. The molecule has 0 saturated heterocycles. The van der Waals surface area contributed by atoms with E-state index in [-0.39, 0.29) is 5.54 Å². The van der Waals surface area contributed by atoms with E-state index in [1.165, 1.54) is 16.5 Å². The number of hydrogen-bond acceptors (Lipinski definition) is 2. The molecule has 0 amide bonds. The van der Waals surface area contributed by atoms with Gasteiger partial charge in [0.2, 0.25) is 0 Å². The van der Waals surface area contributed by atoms with Gasteiger partial charge in [0.15, 0.2) is 0 Å². The summed E-state index contributed by atoms with van der Waals surface area (Å²) in [7, 11) is 0. The Labute approximate surface area is 108 Å². The normalized spacial score (nSPS) is 17.6. The Morgan fingerprint density at radius 2 is 1.78 bits per heavy atom. The number of hydrogen-bond donors (Lipinski definition) is 1. The minimum absolute atomic E-state index is 0.0568. The molecular weight excluding hydrogens is 220 g/mol. The molecule has 0 spiro atoms. The van der Waals surface area contributed by atoms with Crippen molar-refractivity contribution < 1.29 is 0 Å². The van der Waals surface area contributed by atoms with Crippen molar-refractivity contribution in [1.29, 1.82) is 0 Å². The van der Waals surface area contributed by atoms with Gasteiger partial charge in [0, 0.05) is 17.7 Å². The smallest absolute Gasteiger partial charge is 0.0866 e. The van der Waals surface area contributed by atoms with Crippen LogP contribution in [-0.4, -0.2) is 11.3 Å². The monoisotopic (exact) mass is 238 g/mol. The van der Waals surface area contributed by atoms with Gasteiger partial charge in [-0.25, -0.2) is 0 Å². The van der Waals surface area contributed by atoms with Gasteiger partial charge in [-0.3, -0.25) is 4.99 Å². The lowest BCUT2D eigenvalue weighted by Crippen LogP contribution is -2.31. The molecule has 2 aromatic rings. The Balaban J connectivity index is 2.24. The van der Waals surface area contributed by atoms with E-state index in [1.54, 1.807) is 0 Å². The standard InChI is InChI=1S/C16H18N2/c1-11-10-16(2,3)18-15-9-13-7-5-4-6-12(13)8-14(15)17-11/h4-9,18H,10H2,1-3H3. The van der Waals surface area contributed by atoms with Crippen LogP contribution in [-0.2, 0) is 0 Å². The fourth-order valence-corrected chi connectivity index (χ4v) is 2.71. The predicted molar refractivity (Wildman–Crippen MR) is 79.0 cm³/mol. The number of anilines is 1. The molecule has 0 aliphatic carbocycles. The first kappa shape index (κ1) is 11.3. The Bertz CT molecular complexity index is 639. The lowest BCUT2D eigenvalue weighted by Gasteiger charge is -2.25. The molecular formula is C16H18N2. The molecule has 3 rings (SSSR count). The van der Waals surface area contributed by atoms with Gasteiger partial charge in [0.25, 0.3) is 0 Å². The second kappa shape index (κ2) is 3.84. The third-order valence-electron chi connectivity index (χ3n) is 3.35. The molecule has 0 aromatic heterocycles. The summed E-state index contributed by atoms with van der Waals surface area (Å²) in [5.74, 6) is 0. The molecule has 1 aliphatic rings. The van der Waals surface area contributed by atoms with Crippen LogP contribution in [0.1, 0.15) is 27.2 Å². The average molecular weight is 238 g/mol. The third-order valence-corrected chi connectivity index (χ3v) is 3.35. The van der Waals surface area contributed by atoms with Gasteiger partial charge < -0.3 is 5.32 Å². The molecule has 0 radical (unpaired) electrons. The first-order valence-electron chi connectivity index (χ1n) is 6.39. The first-order chi connectivity index (χ1) is 8.53. The molecule has 0 bridgehead atoms. The zero-order chi connectivity index (χ0) is 12.8. The van der Waals surface area contributed by atoms with Crippen molar-refractivity contribution in [2.24, 2.45) is 4.99 Å². The summed E-state index contributed by atoms with van der Waals surface area (Å²) >= 11 is 0. The summed E-state index contributed by atoms with van der Waals surface area (Å²) in [4.78, 5) is 4.74. The van der Waals surface area contributed by atoms with E-state index in [2.05, 4.69) is 62.5 Å². The topological polar surface area (TPSA) is 24.4 Å². The highest BCUT2D eigenvalue weighted by atomic mass is 15.0. The van der Waals surface area contributed by atoms with Gasteiger partial charge in [-0.2, -0.15) is 0 Å².